The third-order valence-electron chi connectivity index (χ3n) is 3.82. The van der Waals surface area contributed by atoms with E-state index in [-0.39, 0.29) is 0 Å². The van der Waals surface area contributed by atoms with Crippen LogP contribution in [-0.2, 0) is 20.0 Å². The van der Waals surface area contributed by atoms with Crippen molar-refractivity contribution in [3.8, 4) is 5.75 Å². The smallest absolute Gasteiger partial charge is 0.191 e. The lowest BCUT2D eigenvalue weighted by Gasteiger charge is -2.12. The van der Waals surface area contributed by atoms with E-state index in [4.69, 9.17) is 27.9 Å². The van der Waals surface area contributed by atoms with Crippen molar-refractivity contribution in [3.63, 3.8) is 0 Å². The van der Waals surface area contributed by atoms with Gasteiger partial charge in [-0.15, -0.1) is 0 Å². The fourth-order valence-corrected chi connectivity index (χ4v) is 2.78. The number of hydrogen-bond acceptors (Lipinski definition) is 2. The highest BCUT2D eigenvalue weighted by Gasteiger charge is 2.08. The summed E-state index contributed by atoms with van der Waals surface area (Å²) in [5.74, 6) is 1.64. The molecule has 0 unspecified atom stereocenters. The lowest BCUT2D eigenvalue weighted by molar-refractivity contribution is 0.414. The maximum absolute atomic E-state index is 6.09. The molecule has 1 aromatic heterocycles. The van der Waals surface area contributed by atoms with Crippen LogP contribution < -0.4 is 15.4 Å². The predicted molar refractivity (Wildman–Crippen MR) is 105 cm³/mol. The number of aromatic nitrogens is 1. The van der Waals surface area contributed by atoms with Gasteiger partial charge < -0.3 is 19.9 Å². The molecule has 0 saturated heterocycles. The first-order valence-corrected chi connectivity index (χ1v) is 8.95. The van der Waals surface area contributed by atoms with Crippen LogP contribution in [0.4, 0.5) is 0 Å². The van der Waals surface area contributed by atoms with E-state index in [0.717, 1.165) is 36.9 Å². The molecule has 0 bridgehead atoms. The SMILES string of the molecule is CCNC(=NCc1cc(Cl)c(Cl)n1C)NCCc1ccc(OC)cc1. The first kappa shape index (κ1) is 19.5. The Bertz CT molecular complexity index is 711. The van der Waals surface area contributed by atoms with Gasteiger partial charge in [0.15, 0.2) is 5.96 Å². The molecule has 136 valence electrons. The molecule has 25 heavy (non-hydrogen) atoms. The number of aliphatic imine (C=N–C) groups is 1. The van der Waals surface area contributed by atoms with Crippen LogP contribution in [0, 0.1) is 0 Å². The summed E-state index contributed by atoms with van der Waals surface area (Å²) >= 11 is 12.1. The van der Waals surface area contributed by atoms with Crippen LogP contribution in [-0.4, -0.2) is 30.7 Å². The predicted octanol–water partition coefficient (Wildman–Crippen LogP) is 3.64. The zero-order valence-corrected chi connectivity index (χ0v) is 16.3. The normalized spacial score (nSPS) is 11.5. The minimum absolute atomic E-state index is 0.501. The molecule has 2 rings (SSSR count). The Balaban J connectivity index is 1.91. The fourth-order valence-electron chi connectivity index (χ4n) is 2.36. The Morgan fingerprint density at radius 2 is 1.92 bits per heavy atom. The number of methoxy groups -OCH3 is 1. The van der Waals surface area contributed by atoms with Crippen LogP contribution in [0.25, 0.3) is 0 Å². The van der Waals surface area contributed by atoms with Gasteiger partial charge in [-0.2, -0.15) is 0 Å². The summed E-state index contributed by atoms with van der Waals surface area (Å²) in [7, 11) is 3.55. The van der Waals surface area contributed by atoms with Gasteiger partial charge >= 0.3 is 0 Å². The summed E-state index contributed by atoms with van der Waals surface area (Å²) in [5.41, 5.74) is 2.20. The van der Waals surface area contributed by atoms with Gasteiger partial charge in [0.25, 0.3) is 0 Å². The highest BCUT2D eigenvalue weighted by Crippen LogP contribution is 2.25. The van der Waals surface area contributed by atoms with Crippen LogP contribution in [0.15, 0.2) is 35.3 Å². The van der Waals surface area contributed by atoms with Gasteiger partial charge in [-0.25, -0.2) is 4.99 Å². The minimum atomic E-state index is 0.501. The highest BCUT2D eigenvalue weighted by atomic mass is 35.5. The Kier molecular flexibility index (Phi) is 7.47. The molecule has 5 nitrogen and oxygen atoms in total. The maximum atomic E-state index is 6.09. The monoisotopic (exact) mass is 382 g/mol. The largest absolute Gasteiger partial charge is 0.497 e. The topological polar surface area (TPSA) is 50.6 Å². The quantitative estimate of drug-likeness (QED) is 0.567. The average molecular weight is 383 g/mol. The van der Waals surface area contributed by atoms with Crippen molar-refractivity contribution in [3.05, 3.63) is 51.8 Å². The summed E-state index contributed by atoms with van der Waals surface area (Å²) in [6.45, 7) is 4.12. The zero-order chi connectivity index (χ0) is 18.2. The molecule has 2 N–H and O–H groups in total. The van der Waals surface area contributed by atoms with Crippen molar-refractivity contribution in [2.24, 2.45) is 12.0 Å². The average Bonchev–Trinajstić information content (AvgIpc) is 2.87. The van der Waals surface area contributed by atoms with Gasteiger partial charge in [0.2, 0.25) is 0 Å². The molecule has 0 aliphatic rings. The molecule has 0 radical (unpaired) electrons. The molecule has 0 aliphatic heterocycles. The zero-order valence-electron chi connectivity index (χ0n) is 14.8. The van der Waals surface area contributed by atoms with Crippen LogP contribution in [0.2, 0.25) is 10.2 Å². The van der Waals surface area contributed by atoms with Crippen molar-refractivity contribution >= 4 is 29.2 Å². The molecular weight excluding hydrogens is 359 g/mol. The molecule has 0 spiro atoms. The number of nitrogens with zero attached hydrogens (tertiary/aromatic N) is 2. The Hall–Kier alpha value is -1.85. The summed E-state index contributed by atoms with van der Waals surface area (Å²) in [4.78, 5) is 4.59. The second kappa shape index (κ2) is 9.59. The van der Waals surface area contributed by atoms with Gasteiger partial charge in [-0.1, -0.05) is 35.3 Å². The Labute approximate surface area is 159 Å². The number of ether oxygens (including phenoxy) is 1. The highest BCUT2D eigenvalue weighted by molar-refractivity contribution is 6.41. The number of halogens is 2. The van der Waals surface area contributed by atoms with E-state index in [9.17, 15) is 0 Å². The van der Waals surface area contributed by atoms with Gasteiger partial charge in [0, 0.05) is 25.8 Å². The first-order chi connectivity index (χ1) is 12.0. The molecule has 0 aliphatic carbocycles. The van der Waals surface area contributed by atoms with E-state index in [1.807, 2.05) is 36.7 Å². The van der Waals surface area contributed by atoms with Gasteiger partial charge in [-0.05, 0) is 37.1 Å². The van der Waals surface area contributed by atoms with Gasteiger partial charge in [-0.3, -0.25) is 0 Å². The molecule has 1 aromatic carbocycles. The lowest BCUT2D eigenvalue weighted by atomic mass is 10.1. The lowest BCUT2D eigenvalue weighted by Crippen LogP contribution is -2.38. The molecule has 7 heteroatoms. The van der Waals surface area contributed by atoms with Crippen LogP contribution in [0.3, 0.4) is 0 Å². The number of guanidine groups is 1. The molecule has 0 saturated carbocycles. The number of nitrogens with one attached hydrogen (secondary N) is 2. The van der Waals surface area contributed by atoms with Crippen molar-refractivity contribution in [1.29, 1.82) is 0 Å². The second-order valence-electron chi connectivity index (χ2n) is 5.55. The number of benzene rings is 1. The van der Waals surface area contributed by atoms with E-state index in [2.05, 4.69) is 27.8 Å². The van der Waals surface area contributed by atoms with Crippen LogP contribution in [0.1, 0.15) is 18.2 Å². The number of hydrogen-bond donors (Lipinski definition) is 2. The molecular formula is C18H24Cl2N4O. The minimum Gasteiger partial charge on any atom is -0.497 e. The fraction of sp³-hybridized carbons (Fsp3) is 0.389. The van der Waals surface area contributed by atoms with E-state index in [1.54, 1.807) is 7.11 Å². The van der Waals surface area contributed by atoms with Gasteiger partial charge in [0.05, 0.1) is 18.7 Å². The summed E-state index contributed by atoms with van der Waals surface area (Å²) in [6.07, 6.45) is 0.899. The van der Waals surface area contributed by atoms with E-state index < -0.39 is 0 Å². The first-order valence-electron chi connectivity index (χ1n) is 8.19. The van der Waals surface area contributed by atoms with Crippen molar-refractivity contribution in [2.75, 3.05) is 20.2 Å². The standard InChI is InChI=1S/C18H24Cl2N4O/c1-4-21-18(23-12-14-11-16(19)17(20)24(14)2)22-10-9-13-5-7-15(25-3)8-6-13/h5-8,11H,4,9-10,12H2,1-3H3,(H2,21,22,23). The van der Waals surface area contributed by atoms with Crippen molar-refractivity contribution in [1.82, 2.24) is 15.2 Å². The molecule has 0 amide bonds. The third-order valence-corrected chi connectivity index (χ3v) is 4.67. The Morgan fingerprint density at radius 3 is 2.48 bits per heavy atom. The van der Waals surface area contributed by atoms with E-state index >= 15 is 0 Å². The molecule has 1 heterocycles. The summed E-state index contributed by atoms with van der Waals surface area (Å²) in [6, 6.07) is 9.92. The Morgan fingerprint density at radius 1 is 1.20 bits per heavy atom. The van der Waals surface area contributed by atoms with Gasteiger partial charge in [0.1, 0.15) is 10.9 Å². The summed E-state index contributed by atoms with van der Waals surface area (Å²) < 4.78 is 7.01. The summed E-state index contributed by atoms with van der Waals surface area (Å²) in [5, 5.41) is 7.66. The van der Waals surface area contributed by atoms with Crippen molar-refractivity contribution in [2.45, 2.75) is 19.9 Å². The van der Waals surface area contributed by atoms with Crippen molar-refractivity contribution < 1.29 is 4.74 Å². The van der Waals surface area contributed by atoms with E-state index in [1.165, 1.54) is 5.56 Å². The molecule has 0 atom stereocenters. The second-order valence-corrected chi connectivity index (χ2v) is 6.32. The molecule has 0 fully saturated rings. The van der Waals surface area contributed by atoms with Crippen LogP contribution >= 0.6 is 23.2 Å². The maximum Gasteiger partial charge on any atom is 0.191 e. The number of rotatable bonds is 7. The third kappa shape index (κ3) is 5.58. The molecule has 2 aromatic rings. The van der Waals surface area contributed by atoms with Crippen LogP contribution in [0.5, 0.6) is 5.75 Å². The van der Waals surface area contributed by atoms with E-state index in [0.29, 0.717) is 16.7 Å².